The number of rotatable bonds is 12. The van der Waals surface area contributed by atoms with Gasteiger partial charge >= 0.3 is 0 Å². The summed E-state index contributed by atoms with van der Waals surface area (Å²) >= 11 is 0. The SMILES string of the molecule is C=C(C)C(=O)NCCCNCc1c2ccccc2c(CNNC=O)c2cc(C=O)ccc12. The number of amides is 2. The molecule has 0 bridgehead atoms. The van der Waals surface area contributed by atoms with Crippen LogP contribution in [-0.4, -0.2) is 31.7 Å². The van der Waals surface area contributed by atoms with Gasteiger partial charge in [-0.25, -0.2) is 5.43 Å². The molecular weight excluding hydrogens is 404 g/mol. The predicted molar refractivity (Wildman–Crippen MR) is 127 cm³/mol. The van der Waals surface area contributed by atoms with Crippen LogP contribution in [0.2, 0.25) is 0 Å². The molecule has 0 aliphatic heterocycles. The summed E-state index contributed by atoms with van der Waals surface area (Å²) < 4.78 is 0. The highest BCUT2D eigenvalue weighted by molar-refractivity contribution is 6.07. The van der Waals surface area contributed by atoms with Gasteiger partial charge in [0, 0.05) is 30.8 Å². The molecule has 0 fully saturated rings. The van der Waals surface area contributed by atoms with Gasteiger partial charge in [-0.15, -0.1) is 0 Å². The van der Waals surface area contributed by atoms with Gasteiger partial charge in [0.15, 0.2) is 0 Å². The monoisotopic (exact) mass is 432 g/mol. The Morgan fingerprint density at radius 3 is 2.28 bits per heavy atom. The van der Waals surface area contributed by atoms with Crippen molar-refractivity contribution in [2.45, 2.75) is 26.4 Å². The van der Waals surface area contributed by atoms with Crippen LogP contribution >= 0.6 is 0 Å². The Hall–Kier alpha value is -3.55. The van der Waals surface area contributed by atoms with E-state index in [-0.39, 0.29) is 5.91 Å². The van der Waals surface area contributed by atoms with E-state index in [0.29, 0.717) is 37.2 Å². The van der Waals surface area contributed by atoms with Gasteiger partial charge in [0.05, 0.1) is 0 Å². The first-order valence-electron chi connectivity index (χ1n) is 10.5. The van der Waals surface area contributed by atoms with Crippen LogP contribution in [0.3, 0.4) is 0 Å². The highest BCUT2D eigenvalue weighted by Crippen LogP contribution is 2.33. The molecule has 0 aromatic heterocycles. The highest BCUT2D eigenvalue weighted by atomic mass is 16.1. The van der Waals surface area contributed by atoms with Gasteiger partial charge in [-0.1, -0.05) is 43.0 Å². The molecule has 3 aromatic rings. The molecule has 0 saturated heterocycles. The van der Waals surface area contributed by atoms with Crippen molar-refractivity contribution >= 4 is 40.1 Å². The van der Waals surface area contributed by atoms with Gasteiger partial charge in [-0.3, -0.25) is 19.8 Å². The van der Waals surface area contributed by atoms with Crippen LogP contribution in [-0.2, 0) is 22.7 Å². The summed E-state index contributed by atoms with van der Waals surface area (Å²) in [5, 5.41) is 10.5. The van der Waals surface area contributed by atoms with E-state index in [2.05, 4.69) is 40.2 Å². The van der Waals surface area contributed by atoms with Crippen LogP contribution in [0.15, 0.2) is 54.6 Å². The number of aldehydes is 1. The molecule has 32 heavy (non-hydrogen) atoms. The Labute approximate surface area is 187 Å². The van der Waals surface area contributed by atoms with E-state index in [1.165, 1.54) is 0 Å². The maximum atomic E-state index is 11.6. The fraction of sp³-hybridized carbons (Fsp3) is 0.240. The number of hydrogen-bond acceptors (Lipinski definition) is 5. The Morgan fingerprint density at radius 1 is 0.938 bits per heavy atom. The Bertz CT molecular complexity index is 1160. The maximum absolute atomic E-state index is 11.6. The number of hydrogen-bond donors (Lipinski definition) is 4. The minimum Gasteiger partial charge on any atom is -0.352 e. The number of fused-ring (bicyclic) bond motifs is 2. The lowest BCUT2D eigenvalue weighted by Crippen LogP contribution is -2.29. The average Bonchev–Trinajstić information content (AvgIpc) is 2.81. The van der Waals surface area contributed by atoms with E-state index in [1.54, 1.807) is 6.92 Å². The number of carbonyl (C=O) groups excluding carboxylic acids is 3. The molecule has 0 spiro atoms. The summed E-state index contributed by atoms with van der Waals surface area (Å²) in [5.74, 6) is -0.124. The first-order chi connectivity index (χ1) is 15.6. The van der Waals surface area contributed by atoms with Crippen molar-refractivity contribution < 1.29 is 14.4 Å². The second kappa shape index (κ2) is 11.2. The van der Waals surface area contributed by atoms with Crippen LogP contribution in [0.1, 0.15) is 34.8 Å². The molecule has 0 aliphatic rings. The van der Waals surface area contributed by atoms with Gasteiger partial charge < -0.3 is 10.6 Å². The van der Waals surface area contributed by atoms with Crippen molar-refractivity contribution in [1.82, 2.24) is 21.5 Å². The summed E-state index contributed by atoms with van der Waals surface area (Å²) in [4.78, 5) is 33.7. The van der Waals surface area contributed by atoms with Gasteiger partial charge in [0.1, 0.15) is 6.29 Å². The summed E-state index contributed by atoms with van der Waals surface area (Å²) in [5.41, 5.74) is 8.67. The zero-order valence-corrected chi connectivity index (χ0v) is 18.2. The third kappa shape index (κ3) is 5.38. The van der Waals surface area contributed by atoms with Crippen LogP contribution in [0.4, 0.5) is 0 Å². The smallest absolute Gasteiger partial charge is 0.246 e. The maximum Gasteiger partial charge on any atom is 0.246 e. The number of nitrogens with one attached hydrogen (secondary N) is 4. The van der Waals surface area contributed by atoms with Crippen LogP contribution in [0.25, 0.3) is 21.5 Å². The van der Waals surface area contributed by atoms with Crippen molar-refractivity contribution in [3.63, 3.8) is 0 Å². The minimum absolute atomic E-state index is 0.124. The second-order valence-corrected chi connectivity index (χ2v) is 7.61. The molecule has 0 radical (unpaired) electrons. The molecule has 3 rings (SSSR count). The molecule has 0 unspecified atom stereocenters. The van der Waals surface area contributed by atoms with Gasteiger partial charge in [-0.05, 0) is 58.6 Å². The summed E-state index contributed by atoms with van der Waals surface area (Å²) in [6.45, 7) is 7.72. The van der Waals surface area contributed by atoms with Gasteiger partial charge in [0.25, 0.3) is 0 Å². The van der Waals surface area contributed by atoms with Crippen molar-refractivity contribution in [3.05, 3.63) is 71.3 Å². The lowest BCUT2D eigenvalue weighted by molar-refractivity contribution is -0.117. The highest BCUT2D eigenvalue weighted by Gasteiger charge is 2.14. The lowest BCUT2D eigenvalue weighted by Gasteiger charge is -2.18. The van der Waals surface area contributed by atoms with Crippen molar-refractivity contribution in [2.75, 3.05) is 13.1 Å². The summed E-state index contributed by atoms with van der Waals surface area (Å²) in [6.07, 6.45) is 2.23. The lowest BCUT2D eigenvalue weighted by atomic mass is 9.90. The van der Waals surface area contributed by atoms with Crippen LogP contribution in [0, 0.1) is 0 Å². The van der Waals surface area contributed by atoms with E-state index in [0.717, 1.165) is 51.9 Å². The van der Waals surface area contributed by atoms with E-state index in [1.807, 2.05) is 30.3 Å². The van der Waals surface area contributed by atoms with Gasteiger partial charge in [-0.2, -0.15) is 0 Å². The third-order valence-corrected chi connectivity index (χ3v) is 5.34. The quantitative estimate of drug-likeness (QED) is 0.116. The zero-order chi connectivity index (χ0) is 22.9. The van der Waals surface area contributed by atoms with Crippen molar-refractivity contribution in [1.29, 1.82) is 0 Å². The molecule has 0 heterocycles. The van der Waals surface area contributed by atoms with Crippen LogP contribution < -0.4 is 21.5 Å². The first-order valence-corrected chi connectivity index (χ1v) is 10.5. The summed E-state index contributed by atoms with van der Waals surface area (Å²) in [7, 11) is 0. The molecule has 3 aromatic carbocycles. The summed E-state index contributed by atoms with van der Waals surface area (Å²) in [6, 6.07) is 13.8. The molecule has 4 N–H and O–H groups in total. The fourth-order valence-corrected chi connectivity index (χ4v) is 3.79. The molecular formula is C25H28N4O3. The normalized spacial score (nSPS) is 10.8. The zero-order valence-electron chi connectivity index (χ0n) is 18.2. The Balaban J connectivity index is 1.89. The predicted octanol–water partition coefficient (Wildman–Crippen LogP) is 2.73. The molecule has 166 valence electrons. The molecule has 2 amide bonds. The Morgan fingerprint density at radius 2 is 1.62 bits per heavy atom. The fourth-order valence-electron chi connectivity index (χ4n) is 3.79. The van der Waals surface area contributed by atoms with E-state index < -0.39 is 0 Å². The number of carbonyl (C=O) groups is 3. The van der Waals surface area contributed by atoms with Crippen molar-refractivity contribution in [3.8, 4) is 0 Å². The van der Waals surface area contributed by atoms with Crippen molar-refractivity contribution in [2.24, 2.45) is 0 Å². The molecule has 0 atom stereocenters. The Kier molecular flexibility index (Phi) is 8.08. The third-order valence-electron chi connectivity index (χ3n) is 5.34. The molecule has 7 heteroatoms. The molecule has 0 saturated carbocycles. The van der Waals surface area contributed by atoms with Gasteiger partial charge in [0.2, 0.25) is 12.3 Å². The number of benzene rings is 3. The number of hydrazine groups is 1. The van der Waals surface area contributed by atoms with Crippen LogP contribution in [0.5, 0.6) is 0 Å². The molecule has 0 aliphatic carbocycles. The van der Waals surface area contributed by atoms with E-state index in [4.69, 9.17) is 0 Å². The van der Waals surface area contributed by atoms with E-state index >= 15 is 0 Å². The second-order valence-electron chi connectivity index (χ2n) is 7.61. The van der Waals surface area contributed by atoms with E-state index in [9.17, 15) is 14.4 Å². The minimum atomic E-state index is -0.124. The largest absolute Gasteiger partial charge is 0.352 e. The average molecular weight is 433 g/mol. The molecule has 7 nitrogen and oxygen atoms in total. The first kappa shape index (κ1) is 23.1. The topological polar surface area (TPSA) is 99.3 Å². The standard InChI is InChI=1S/C25H28N4O3/c1-17(2)25(32)27-11-5-10-26-13-23-19-6-3-4-7-20(19)24(14-28-29-16-31)22-12-18(15-30)8-9-21(22)23/h3-4,6-9,12,15-16,26,28H,1,5,10-11,13-14H2,2H3,(H,27,32)(H,29,31).